The molecule has 4 amide bonds. The minimum absolute atomic E-state index is 0.0573. The number of amides is 4. The molecule has 0 aromatic heterocycles. The van der Waals surface area contributed by atoms with Gasteiger partial charge in [-0.15, -0.1) is 0 Å². The van der Waals surface area contributed by atoms with Gasteiger partial charge in [-0.2, -0.15) is 0 Å². The van der Waals surface area contributed by atoms with Gasteiger partial charge in [0.2, 0.25) is 5.91 Å². The molecule has 2 fully saturated rings. The van der Waals surface area contributed by atoms with Crippen molar-refractivity contribution in [1.29, 1.82) is 0 Å². The highest BCUT2D eigenvalue weighted by molar-refractivity contribution is 6.31. The van der Waals surface area contributed by atoms with Gasteiger partial charge in [0, 0.05) is 17.3 Å². The van der Waals surface area contributed by atoms with E-state index in [-0.39, 0.29) is 24.4 Å². The summed E-state index contributed by atoms with van der Waals surface area (Å²) >= 11 is 6.45. The predicted molar refractivity (Wildman–Crippen MR) is 128 cm³/mol. The van der Waals surface area contributed by atoms with E-state index in [4.69, 9.17) is 11.6 Å². The van der Waals surface area contributed by atoms with Gasteiger partial charge in [-0.25, -0.2) is 4.79 Å². The van der Waals surface area contributed by atoms with Crippen molar-refractivity contribution in [3.05, 3.63) is 64.7 Å². The van der Waals surface area contributed by atoms with E-state index >= 15 is 0 Å². The Kier molecular flexibility index (Phi) is 7.00. The largest absolute Gasteiger partial charge is 0.353 e. The van der Waals surface area contributed by atoms with Gasteiger partial charge in [0.25, 0.3) is 5.91 Å². The molecule has 0 unspecified atom stereocenters. The Hall–Kier alpha value is -2.90. The van der Waals surface area contributed by atoms with Gasteiger partial charge in [-0.05, 0) is 63.5 Å². The van der Waals surface area contributed by atoms with Gasteiger partial charge in [0.05, 0.1) is 6.04 Å². The summed E-state index contributed by atoms with van der Waals surface area (Å²) in [4.78, 5) is 43.3. The molecule has 2 heterocycles. The van der Waals surface area contributed by atoms with Crippen LogP contribution in [-0.4, -0.2) is 59.9 Å². The van der Waals surface area contributed by atoms with E-state index in [1.54, 1.807) is 6.92 Å². The summed E-state index contributed by atoms with van der Waals surface area (Å²) in [7, 11) is 0. The van der Waals surface area contributed by atoms with Crippen molar-refractivity contribution in [2.75, 3.05) is 31.1 Å². The van der Waals surface area contributed by atoms with Crippen LogP contribution in [0.5, 0.6) is 0 Å². The fraction of sp³-hybridized carbons (Fsp3) is 0.400. The topological polar surface area (TPSA) is 73.0 Å². The molecule has 2 aliphatic heterocycles. The Balaban J connectivity index is 1.43. The van der Waals surface area contributed by atoms with Crippen molar-refractivity contribution in [3.8, 4) is 0 Å². The van der Waals surface area contributed by atoms with Crippen molar-refractivity contribution < 1.29 is 14.4 Å². The number of nitrogens with zero attached hydrogens (tertiary/aromatic N) is 3. The average molecular weight is 469 g/mol. The fourth-order valence-electron chi connectivity index (χ4n) is 4.56. The second-order valence-corrected chi connectivity index (χ2v) is 9.08. The SMILES string of the molecule is Cc1ccc(N2C(=O)N(CC(=O)NC[C@H](c3ccccc3Cl)N3CCCC3)C(=O)[C@H]2C)cc1. The Morgan fingerprint density at radius 1 is 1.09 bits per heavy atom. The lowest BCUT2D eigenvalue weighted by Crippen LogP contribution is -2.44. The van der Waals surface area contributed by atoms with E-state index in [0.717, 1.165) is 42.0 Å². The lowest BCUT2D eigenvalue weighted by Gasteiger charge is -2.29. The summed E-state index contributed by atoms with van der Waals surface area (Å²) in [6, 6.07) is 13.9. The number of imide groups is 1. The number of hydrogen-bond acceptors (Lipinski definition) is 4. The van der Waals surface area contributed by atoms with Crippen molar-refractivity contribution in [2.45, 2.75) is 38.8 Å². The number of urea groups is 1. The number of benzene rings is 2. The highest BCUT2D eigenvalue weighted by atomic mass is 35.5. The van der Waals surface area contributed by atoms with Gasteiger partial charge < -0.3 is 5.32 Å². The van der Waals surface area contributed by atoms with E-state index in [9.17, 15) is 14.4 Å². The van der Waals surface area contributed by atoms with Crippen LogP contribution in [0.3, 0.4) is 0 Å². The van der Waals surface area contributed by atoms with Crippen molar-refractivity contribution >= 4 is 35.1 Å². The monoisotopic (exact) mass is 468 g/mol. The zero-order chi connectivity index (χ0) is 23.5. The van der Waals surface area contributed by atoms with Crippen LogP contribution in [0.4, 0.5) is 10.5 Å². The molecule has 0 bridgehead atoms. The second kappa shape index (κ2) is 9.93. The molecule has 2 aromatic carbocycles. The molecular formula is C25H29ClN4O3. The molecule has 33 heavy (non-hydrogen) atoms. The number of rotatable bonds is 7. The molecule has 8 heteroatoms. The third-order valence-corrected chi connectivity index (χ3v) is 6.74. The predicted octanol–water partition coefficient (Wildman–Crippen LogP) is 3.76. The Bertz CT molecular complexity index is 1040. The lowest BCUT2D eigenvalue weighted by molar-refractivity contribution is -0.132. The lowest BCUT2D eigenvalue weighted by atomic mass is 10.1. The molecule has 0 saturated carbocycles. The molecule has 0 aliphatic carbocycles. The molecule has 0 spiro atoms. The van der Waals surface area contributed by atoms with Crippen LogP contribution in [0.25, 0.3) is 0 Å². The van der Waals surface area contributed by atoms with E-state index in [1.165, 1.54) is 4.90 Å². The minimum Gasteiger partial charge on any atom is -0.353 e. The zero-order valence-electron chi connectivity index (χ0n) is 19.0. The number of carbonyl (C=O) groups excluding carboxylic acids is 3. The third-order valence-electron chi connectivity index (χ3n) is 6.40. The first-order valence-corrected chi connectivity index (χ1v) is 11.7. The second-order valence-electron chi connectivity index (χ2n) is 8.67. The number of anilines is 1. The maximum Gasteiger partial charge on any atom is 0.332 e. The van der Waals surface area contributed by atoms with Crippen LogP contribution in [0.15, 0.2) is 48.5 Å². The van der Waals surface area contributed by atoms with Crippen LogP contribution in [0.2, 0.25) is 5.02 Å². The third kappa shape index (κ3) is 4.89. The first kappa shape index (κ1) is 23.3. The number of nitrogens with one attached hydrogen (secondary N) is 1. The van der Waals surface area contributed by atoms with Crippen molar-refractivity contribution in [1.82, 2.24) is 15.1 Å². The number of hydrogen-bond donors (Lipinski definition) is 1. The summed E-state index contributed by atoms with van der Waals surface area (Å²) in [5.74, 6) is -0.746. The quantitative estimate of drug-likeness (QED) is 0.628. The summed E-state index contributed by atoms with van der Waals surface area (Å²) in [5.41, 5.74) is 2.67. The van der Waals surface area contributed by atoms with Gasteiger partial charge in [0.15, 0.2) is 0 Å². The minimum atomic E-state index is -0.659. The number of carbonyl (C=O) groups is 3. The summed E-state index contributed by atoms with van der Waals surface area (Å²) in [6.45, 7) is 5.57. The number of halogens is 1. The normalized spacial score (nSPS) is 19.9. The van der Waals surface area contributed by atoms with Crippen LogP contribution >= 0.6 is 11.6 Å². The zero-order valence-corrected chi connectivity index (χ0v) is 19.7. The standard InChI is InChI=1S/C25H29ClN4O3/c1-17-9-11-19(12-10-17)30-18(2)24(32)29(25(30)33)16-23(31)27-15-22(28-13-5-6-14-28)20-7-3-4-8-21(20)26/h3-4,7-12,18,22H,5-6,13-16H2,1-2H3,(H,27,31)/t18-,22-/m1/s1. The van der Waals surface area contributed by atoms with Gasteiger partial charge in [0.1, 0.15) is 12.6 Å². The van der Waals surface area contributed by atoms with Crippen molar-refractivity contribution in [2.24, 2.45) is 0 Å². The van der Waals surface area contributed by atoms with E-state index in [1.807, 2.05) is 55.5 Å². The maximum absolute atomic E-state index is 13.0. The maximum atomic E-state index is 13.0. The number of aryl methyl sites for hydroxylation is 1. The highest BCUT2D eigenvalue weighted by Gasteiger charge is 2.44. The molecule has 2 aromatic rings. The molecule has 174 valence electrons. The van der Waals surface area contributed by atoms with E-state index in [0.29, 0.717) is 17.3 Å². The molecule has 7 nitrogen and oxygen atoms in total. The van der Waals surface area contributed by atoms with Gasteiger partial charge in [-0.1, -0.05) is 47.5 Å². The smallest absolute Gasteiger partial charge is 0.332 e. The molecule has 4 rings (SSSR count). The van der Waals surface area contributed by atoms with E-state index < -0.39 is 12.1 Å². The average Bonchev–Trinajstić information content (AvgIpc) is 3.40. The van der Waals surface area contributed by atoms with Crippen LogP contribution in [0.1, 0.15) is 36.9 Å². The molecule has 2 atom stereocenters. The summed E-state index contributed by atoms with van der Waals surface area (Å²) in [6.07, 6.45) is 2.22. The first-order chi connectivity index (χ1) is 15.9. The Morgan fingerprint density at radius 3 is 2.42 bits per heavy atom. The van der Waals surface area contributed by atoms with Crippen LogP contribution < -0.4 is 10.2 Å². The Labute approximate surface area is 199 Å². The summed E-state index contributed by atoms with van der Waals surface area (Å²) < 4.78 is 0. The van der Waals surface area contributed by atoms with Crippen LogP contribution in [-0.2, 0) is 9.59 Å². The Morgan fingerprint density at radius 2 is 1.76 bits per heavy atom. The molecular weight excluding hydrogens is 440 g/mol. The van der Waals surface area contributed by atoms with Gasteiger partial charge >= 0.3 is 6.03 Å². The van der Waals surface area contributed by atoms with Crippen LogP contribution in [0, 0.1) is 6.92 Å². The number of likely N-dealkylation sites (tertiary alicyclic amines) is 1. The van der Waals surface area contributed by atoms with E-state index in [2.05, 4.69) is 10.2 Å². The van der Waals surface area contributed by atoms with Gasteiger partial charge in [-0.3, -0.25) is 24.3 Å². The molecule has 2 aliphatic rings. The molecule has 0 radical (unpaired) electrons. The van der Waals surface area contributed by atoms with Crippen molar-refractivity contribution in [3.63, 3.8) is 0 Å². The first-order valence-electron chi connectivity index (χ1n) is 11.3. The fourth-order valence-corrected chi connectivity index (χ4v) is 4.82. The highest BCUT2D eigenvalue weighted by Crippen LogP contribution is 2.30. The molecule has 1 N–H and O–H groups in total. The molecule has 2 saturated heterocycles. The summed E-state index contributed by atoms with van der Waals surface area (Å²) in [5, 5.41) is 3.59.